The van der Waals surface area contributed by atoms with E-state index in [1.807, 2.05) is 24.3 Å². The zero-order valence-corrected chi connectivity index (χ0v) is 11.3. The molecule has 0 saturated carbocycles. The molecule has 3 nitrogen and oxygen atoms in total. The van der Waals surface area contributed by atoms with Crippen LogP contribution in [0.3, 0.4) is 0 Å². The molecule has 1 atom stereocenters. The fourth-order valence-electron chi connectivity index (χ4n) is 1.47. The van der Waals surface area contributed by atoms with Crippen LogP contribution in [0.25, 0.3) is 0 Å². The van der Waals surface area contributed by atoms with Gasteiger partial charge in [0.25, 0.3) is 0 Å². The summed E-state index contributed by atoms with van der Waals surface area (Å²) in [5, 5.41) is 11.8. The van der Waals surface area contributed by atoms with E-state index in [1.165, 1.54) is 6.42 Å². The van der Waals surface area contributed by atoms with E-state index in [-0.39, 0.29) is 0 Å². The molecule has 3 heteroatoms. The molecule has 0 aliphatic carbocycles. The molecule has 0 amide bonds. The summed E-state index contributed by atoms with van der Waals surface area (Å²) in [6, 6.07) is 10.1. The molecule has 0 aliphatic rings. The normalized spacial score (nSPS) is 11.6. The summed E-state index contributed by atoms with van der Waals surface area (Å²) in [6.45, 7) is 6.01. The zero-order valence-electron chi connectivity index (χ0n) is 11.3. The minimum Gasteiger partial charge on any atom is -0.493 e. The molecule has 0 aromatic heterocycles. The predicted molar refractivity (Wildman–Crippen MR) is 74.7 cm³/mol. The number of unbranched alkanes of at least 4 members (excludes halogenated alkanes) is 1. The highest BCUT2D eigenvalue weighted by Gasteiger charge is 2.00. The van der Waals surface area contributed by atoms with Crippen molar-refractivity contribution in [1.82, 2.24) is 0 Å². The lowest BCUT2D eigenvalue weighted by Gasteiger charge is -2.12. The average molecular weight is 246 g/mol. The second kappa shape index (κ2) is 8.41. The van der Waals surface area contributed by atoms with E-state index in [0.29, 0.717) is 18.9 Å². The first-order valence-corrected chi connectivity index (χ1v) is 6.60. The first kappa shape index (κ1) is 14.4. The maximum absolute atomic E-state index is 8.44. The quantitative estimate of drug-likeness (QED) is 0.709. The van der Waals surface area contributed by atoms with Crippen molar-refractivity contribution < 1.29 is 4.74 Å². The van der Waals surface area contributed by atoms with Gasteiger partial charge < -0.3 is 10.1 Å². The molecule has 0 saturated heterocycles. The molecule has 1 rings (SSSR count). The van der Waals surface area contributed by atoms with Crippen molar-refractivity contribution >= 4 is 5.69 Å². The Morgan fingerprint density at radius 3 is 3.00 bits per heavy atom. The van der Waals surface area contributed by atoms with E-state index in [1.54, 1.807) is 0 Å². The summed E-state index contributed by atoms with van der Waals surface area (Å²) in [4.78, 5) is 0. The number of ether oxygens (including phenoxy) is 1. The lowest BCUT2D eigenvalue weighted by Crippen LogP contribution is -2.10. The van der Waals surface area contributed by atoms with Gasteiger partial charge in [-0.25, -0.2) is 0 Å². The number of nitrogens with zero attached hydrogens (tertiary/aromatic N) is 1. The summed E-state index contributed by atoms with van der Waals surface area (Å²) in [5.41, 5.74) is 1.09. The van der Waals surface area contributed by atoms with Gasteiger partial charge in [-0.05, 0) is 24.5 Å². The topological polar surface area (TPSA) is 45.0 Å². The van der Waals surface area contributed by atoms with Crippen LogP contribution in [0.1, 0.15) is 33.1 Å². The maximum Gasteiger partial charge on any atom is 0.121 e. The van der Waals surface area contributed by atoms with Crippen molar-refractivity contribution in [2.24, 2.45) is 5.92 Å². The summed E-state index contributed by atoms with van der Waals surface area (Å²) in [5.74, 6) is 1.53. The molecule has 0 fully saturated rings. The van der Waals surface area contributed by atoms with Crippen LogP contribution >= 0.6 is 0 Å². The fourth-order valence-corrected chi connectivity index (χ4v) is 1.47. The Morgan fingerprint density at radius 1 is 1.44 bits per heavy atom. The van der Waals surface area contributed by atoms with Gasteiger partial charge in [0.05, 0.1) is 12.7 Å². The number of hydrogen-bond donors (Lipinski definition) is 1. The molecule has 0 radical (unpaired) electrons. The van der Waals surface area contributed by atoms with Crippen molar-refractivity contribution in [2.45, 2.75) is 33.1 Å². The number of nitriles is 1. The average Bonchev–Trinajstić information content (AvgIpc) is 2.41. The van der Waals surface area contributed by atoms with Gasteiger partial charge in [-0.2, -0.15) is 5.26 Å². The van der Waals surface area contributed by atoms with Crippen LogP contribution in [0.4, 0.5) is 5.69 Å². The molecule has 0 spiro atoms. The Kier molecular flexibility index (Phi) is 6.71. The van der Waals surface area contributed by atoms with Gasteiger partial charge in [0.2, 0.25) is 0 Å². The Balaban J connectivity index is 2.39. The molecule has 0 aliphatic heterocycles. The highest BCUT2D eigenvalue weighted by molar-refractivity contribution is 5.48. The van der Waals surface area contributed by atoms with Crippen molar-refractivity contribution in [3.05, 3.63) is 24.3 Å². The van der Waals surface area contributed by atoms with Gasteiger partial charge in [-0.1, -0.05) is 26.3 Å². The largest absolute Gasteiger partial charge is 0.493 e. The van der Waals surface area contributed by atoms with Crippen LogP contribution in [0.5, 0.6) is 5.75 Å². The third-order valence-electron chi connectivity index (χ3n) is 2.89. The van der Waals surface area contributed by atoms with Crippen LogP contribution in [-0.4, -0.2) is 13.2 Å². The van der Waals surface area contributed by atoms with E-state index < -0.39 is 0 Å². The molecule has 1 unspecified atom stereocenters. The van der Waals surface area contributed by atoms with E-state index >= 15 is 0 Å². The number of hydrogen-bond acceptors (Lipinski definition) is 3. The molecule has 1 aromatic rings. The number of benzene rings is 1. The lowest BCUT2D eigenvalue weighted by atomic mass is 10.1. The second-order valence-electron chi connectivity index (χ2n) is 4.53. The van der Waals surface area contributed by atoms with Crippen molar-refractivity contribution in [3.63, 3.8) is 0 Å². The third kappa shape index (κ3) is 5.58. The van der Waals surface area contributed by atoms with E-state index in [9.17, 15) is 0 Å². The summed E-state index contributed by atoms with van der Waals surface area (Å²) < 4.78 is 5.59. The van der Waals surface area contributed by atoms with Crippen LogP contribution in [0.2, 0.25) is 0 Å². The second-order valence-corrected chi connectivity index (χ2v) is 4.53. The highest BCUT2D eigenvalue weighted by Crippen LogP contribution is 2.18. The Hall–Kier alpha value is -1.69. The SMILES string of the molecule is CCC(C)CNc1cccc(OCCCC#N)c1. The van der Waals surface area contributed by atoms with E-state index in [0.717, 1.165) is 24.4 Å². The summed E-state index contributed by atoms with van der Waals surface area (Å²) in [7, 11) is 0. The minimum atomic E-state index is 0.548. The van der Waals surface area contributed by atoms with Gasteiger partial charge in [0.1, 0.15) is 5.75 Å². The van der Waals surface area contributed by atoms with Gasteiger partial charge in [-0.15, -0.1) is 0 Å². The Bertz CT molecular complexity index is 384. The predicted octanol–water partition coefficient (Wildman–Crippen LogP) is 3.83. The van der Waals surface area contributed by atoms with E-state index in [4.69, 9.17) is 10.00 Å². The molecule has 18 heavy (non-hydrogen) atoms. The fraction of sp³-hybridized carbons (Fsp3) is 0.533. The first-order chi connectivity index (χ1) is 8.76. The standard InChI is InChI=1S/C15H22N2O/c1-3-13(2)12-17-14-7-6-8-15(11-14)18-10-5-4-9-16/h6-8,11,13,17H,3-5,10,12H2,1-2H3. The van der Waals surface area contributed by atoms with Crippen LogP contribution < -0.4 is 10.1 Å². The van der Waals surface area contributed by atoms with E-state index in [2.05, 4.69) is 25.2 Å². The van der Waals surface area contributed by atoms with Gasteiger partial charge >= 0.3 is 0 Å². The highest BCUT2D eigenvalue weighted by atomic mass is 16.5. The Labute approximate surface area is 110 Å². The van der Waals surface area contributed by atoms with Crippen molar-refractivity contribution in [3.8, 4) is 11.8 Å². The molecule has 0 bridgehead atoms. The molecule has 1 aromatic carbocycles. The maximum atomic E-state index is 8.44. The molecule has 98 valence electrons. The van der Waals surface area contributed by atoms with Crippen LogP contribution in [0, 0.1) is 17.2 Å². The van der Waals surface area contributed by atoms with Gasteiger partial charge in [0.15, 0.2) is 0 Å². The lowest BCUT2D eigenvalue weighted by molar-refractivity contribution is 0.313. The molecular formula is C15H22N2O. The summed E-state index contributed by atoms with van der Waals surface area (Å²) in [6.07, 6.45) is 2.50. The molecule has 1 N–H and O–H groups in total. The summed E-state index contributed by atoms with van der Waals surface area (Å²) >= 11 is 0. The third-order valence-corrected chi connectivity index (χ3v) is 2.89. The van der Waals surface area contributed by atoms with Gasteiger partial charge in [0, 0.05) is 24.7 Å². The van der Waals surface area contributed by atoms with Crippen LogP contribution in [-0.2, 0) is 0 Å². The number of nitrogens with one attached hydrogen (secondary N) is 1. The smallest absolute Gasteiger partial charge is 0.121 e. The monoisotopic (exact) mass is 246 g/mol. The van der Waals surface area contributed by atoms with Crippen molar-refractivity contribution in [2.75, 3.05) is 18.5 Å². The van der Waals surface area contributed by atoms with Gasteiger partial charge in [-0.3, -0.25) is 0 Å². The number of rotatable bonds is 8. The van der Waals surface area contributed by atoms with Crippen LogP contribution in [0.15, 0.2) is 24.3 Å². The Morgan fingerprint density at radius 2 is 2.28 bits per heavy atom. The van der Waals surface area contributed by atoms with Crippen molar-refractivity contribution in [1.29, 1.82) is 5.26 Å². The minimum absolute atomic E-state index is 0.548. The zero-order chi connectivity index (χ0) is 13.2. The molecular weight excluding hydrogens is 224 g/mol. The molecule has 0 heterocycles. The number of anilines is 1. The first-order valence-electron chi connectivity index (χ1n) is 6.60.